The number of carbonyl (C=O) groups excluding carboxylic acids is 1. The van der Waals surface area contributed by atoms with Crippen LogP contribution in [0.3, 0.4) is 0 Å². The highest BCUT2D eigenvalue weighted by atomic mass is 16.5. The first-order chi connectivity index (χ1) is 20.6. The SMILES string of the molecule is CCC1C=C(C2CCC(C)CC(CCC(=O)c3ccccc3CC3CCN=CC=N3)C2)OC(c2ccccc2)=C1CO. The Morgan fingerprint density at radius 3 is 2.62 bits per heavy atom. The highest BCUT2D eigenvalue weighted by Crippen LogP contribution is 2.43. The average molecular weight is 567 g/mol. The van der Waals surface area contributed by atoms with E-state index in [0.717, 1.165) is 91.7 Å². The number of rotatable bonds is 10. The second-order valence-corrected chi connectivity index (χ2v) is 12.4. The molecule has 5 heteroatoms. The maximum Gasteiger partial charge on any atom is 0.163 e. The normalized spacial score (nSPS) is 26.3. The molecule has 2 aromatic carbocycles. The molecule has 1 aliphatic carbocycles. The molecule has 3 aliphatic rings. The van der Waals surface area contributed by atoms with Crippen LogP contribution in [0.5, 0.6) is 0 Å². The van der Waals surface area contributed by atoms with Crippen molar-refractivity contribution in [2.24, 2.45) is 33.7 Å². The van der Waals surface area contributed by atoms with E-state index >= 15 is 0 Å². The van der Waals surface area contributed by atoms with Crippen molar-refractivity contribution in [1.29, 1.82) is 0 Å². The van der Waals surface area contributed by atoms with Crippen molar-refractivity contribution >= 4 is 24.0 Å². The number of hydrogen-bond donors (Lipinski definition) is 1. The van der Waals surface area contributed by atoms with Gasteiger partial charge in [0, 0.05) is 53.9 Å². The minimum Gasteiger partial charge on any atom is -0.461 e. The fraction of sp³-hybridized carbons (Fsp3) is 0.486. The predicted octanol–water partition coefficient (Wildman–Crippen LogP) is 7.89. The van der Waals surface area contributed by atoms with E-state index in [4.69, 9.17) is 4.74 Å². The molecule has 5 unspecified atom stereocenters. The van der Waals surface area contributed by atoms with E-state index in [-0.39, 0.29) is 24.3 Å². The van der Waals surface area contributed by atoms with Crippen molar-refractivity contribution in [3.8, 4) is 0 Å². The van der Waals surface area contributed by atoms with Crippen molar-refractivity contribution < 1.29 is 14.6 Å². The molecule has 1 fully saturated rings. The van der Waals surface area contributed by atoms with E-state index in [2.05, 4.69) is 48.1 Å². The molecule has 0 aromatic heterocycles. The summed E-state index contributed by atoms with van der Waals surface area (Å²) < 4.78 is 6.67. The van der Waals surface area contributed by atoms with E-state index in [1.807, 2.05) is 36.4 Å². The zero-order valence-corrected chi connectivity index (χ0v) is 25.3. The molecule has 5 atom stereocenters. The Morgan fingerprint density at radius 2 is 1.81 bits per heavy atom. The van der Waals surface area contributed by atoms with Crippen molar-refractivity contribution in [3.63, 3.8) is 0 Å². The van der Waals surface area contributed by atoms with E-state index in [9.17, 15) is 9.90 Å². The molecular formula is C37H46N2O3. The van der Waals surface area contributed by atoms with E-state index in [1.165, 1.54) is 0 Å². The minimum atomic E-state index is 0.00129. The molecule has 1 saturated carbocycles. The maximum atomic E-state index is 13.6. The van der Waals surface area contributed by atoms with Crippen LogP contribution >= 0.6 is 0 Å². The van der Waals surface area contributed by atoms with Gasteiger partial charge in [0.05, 0.1) is 12.6 Å². The summed E-state index contributed by atoms with van der Waals surface area (Å²) in [4.78, 5) is 22.6. The third kappa shape index (κ3) is 7.55. The van der Waals surface area contributed by atoms with Crippen molar-refractivity contribution in [1.82, 2.24) is 0 Å². The number of carbonyl (C=O) groups is 1. The first-order valence-electron chi connectivity index (χ1n) is 16.0. The third-order valence-electron chi connectivity index (χ3n) is 9.35. The molecular weight excluding hydrogens is 520 g/mol. The molecule has 2 aliphatic heterocycles. The lowest BCUT2D eigenvalue weighted by Gasteiger charge is -2.31. The molecule has 0 radical (unpaired) electrons. The zero-order chi connectivity index (χ0) is 29.3. The van der Waals surface area contributed by atoms with Crippen molar-refractivity contribution in [2.75, 3.05) is 13.2 Å². The molecule has 0 amide bonds. The van der Waals surface area contributed by atoms with E-state index < -0.39 is 0 Å². The van der Waals surface area contributed by atoms with Gasteiger partial charge in [-0.1, -0.05) is 74.9 Å². The number of aliphatic imine (C=N–C) groups is 2. The summed E-state index contributed by atoms with van der Waals surface area (Å²) in [5.41, 5.74) is 3.95. The predicted molar refractivity (Wildman–Crippen MR) is 172 cm³/mol. The van der Waals surface area contributed by atoms with Gasteiger partial charge in [0.2, 0.25) is 0 Å². The first kappa shape index (κ1) is 30.2. The maximum absolute atomic E-state index is 13.6. The summed E-state index contributed by atoms with van der Waals surface area (Å²) in [6, 6.07) is 18.5. The van der Waals surface area contributed by atoms with Gasteiger partial charge in [-0.05, 0) is 68.4 Å². The Hall–Kier alpha value is -3.31. The number of aliphatic hydroxyl groups is 1. The van der Waals surface area contributed by atoms with Gasteiger partial charge < -0.3 is 9.84 Å². The largest absolute Gasteiger partial charge is 0.461 e. The molecule has 222 valence electrons. The summed E-state index contributed by atoms with van der Waals surface area (Å²) in [5, 5.41) is 10.3. The topological polar surface area (TPSA) is 71.2 Å². The number of hydrogen-bond acceptors (Lipinski definition) is 5. The van der Waals surface area contributed by atoms with E-state index in [0.29, 0.717) is 24.2 Å². The first-order valence-corrected chi connectivity index (χ1v) is 16.0. The van der Waals surface area contributed by atoms with Gasteiger partial charge in [0.25, 0.3) is 0 Å². The standard InChI is InChI=1S/C37H46N2O3/c1-3-28-24-36(42-37(34(28)25-40)29-9-5-4-6-10-29)31-15-13-26(2)21-27(22-31)14-16-35(41)33-12-8-7-11-30(33)23-32-17-18-38-19-20-39-32/h4-12,19-20,24,26-28,31-32,40H,3,13-18,21-23,25H2,1-2H3. The van der Waals surface area contributed by atoms with Crippen LogP contribution < -0.4 is 0 Å². The van der Waals surface area contributed by atoms with Crippen molar-refractivity contribution in [2.45, 2.75) is 77.7 Å². The van der Waals surface area contributed by atoms with Gasteiger partial charge in [0.1, 0.15) is 11.5 Å². The summed E-state index contributed by atoms with van der Waals surface area (Å²) in [6.07, 6.45) is 14.4. The van der Waals surface area contributed by atoms with Crippen LogP contribution in [0.1, 0.15) is 86.7 Å². The second-order valence-electron chi connectivity index (χ2n) is 12.4. The lowest BCUT2D eigenvalue weighted by Crippen LogP contribution is -2.20. The van der Waals surface area contributed by atoms with Crippen LogP contribution in [-0.2, 0) is 11.2 Å². The Morgan fingerprint density at radius 1 is 1.00 bits per heavy atom. The van der Waals surface area contributed by atoms with E-state index in [1.54, 1.807) is 12.4 Å². The Balaban J connectivity index is 1.27. The summed E-state index contributed by atoms with van der Waals surface area (Å²) in [6.45, 7) is 5.32. The summed E-state index contributed by atoms with van der Waals surface area (Å²) in [5.74, 6) is 3.73. The van der Waals surface area contributed by atoms with Crippen LogP contribution in [0.2, 0.25) is 0 Å². The fourth-order valence-corrected chi connectivity index (χ4v) is 7.00. The number of ether oxygens (including phenoxy) is 1. The number of nitrogens with zero attached hydrogens (tertiary/aromatic N) is 2. The van der Waals surface area contributed by atoms with Gasteiger partial charge in [-0.2, -0.15) is 0 Å². The quantitative estimate of drug-likeness (QED) is 0.235. The summed E-state index contributed by atoms with van der Waals surface area (Å²) in [7, 11) is 0. The number of allylic oxidation sites excluding steroid dienone is 2. The average Bonchev–Trinajstić information content (AvgIpc) is 3.40. The van der Waals surface area contributed by atoms with Gasteiger partial charge >= 0.3 is 0 Å². The fourth-order valence-electron chi connectivity index (χ4n) is 7.00. The molecule has 2 aromatic rings. The number of Topliss-reactive ketones (excluding diaryl/α,β-unsaturated/α-hetero) is 1. The monoisotopic (exact) mass is 566 g/mol. The van der Waals surface area contributed by atoms with Crippen LogP contribution in [0, 0.1) is 23.7 Å². The minimum absolute atomic E-state index is 0.00129. The van der Waals surface area contributed by atoms with Crippen LogP contribution in [-0.4, -0.2) is 42.5 Å². The number of benzene rings is 2. The van der Waals surface area contributed by atoms with Gasteiger partial charge in [-0.3, -0.25) is 14.8 Å². The Labute approximate surface area is 251 Å². The number of aliphatic hydroxyl groups excluding tert-OH is 1. The highest BCUT2D eigenvalue weighted by molar-refractivity contribution is 6.16. The molecule has 2 heterocycles. The number of ketones is 1. The van der Waals surface area contributed by atoms with Gasteiger partial charge in [-0.25, -0.2) is 0 Å². The molecule has 42 heavy (non-hydrogen) atoms. The molecule has 5 nitrogen and oxygen atoms in total. The molecule has 1 N–H and O–H groups in total. The smallest absolute Gasteiger partial charge is 0.163 e. The van der Waals surface area contributed by atoms with Crippen LogP contribution in [0.15, 0.2) is 82.0 Å². The molecule has 0 saturated heterocycles. The van der Waals surface area contributed by atoms with Crippen molar-refractivity contribution in [3.05, 3.63) is 88.7 Å². The lowest BCUT2D eigenvalue weighted by molar-refractivity contribution is 0.0969. The third-order valence-corrected chi connectivity index (χ3v) is 9.35. The Kier molecular flexibility index (Phi) is 10.6. The van der Waals surface area contributed by atoms with Gasteiger partial charge in [-0.15, -0.1) is 0 Å². The van der Waals surface area contributed by atoms with Gasteiger partial charge in [0.15, 0.2) is 5.78 Å². The Bertz CT molecular complexity index is 1330. The zero-order valence-electron chi connectivity index (χ0n) is 25.3. The van der Waals surface area contributed by atoms with Crippen LogP contribution in [0.25, 0.3) is 5.76 Å². The second kappa shape index (κ2) is 14.7. The van der Waals surface area contributed by atoms with Crippen LogP contribution in [0.4, 0.5) is 0 Å². The molecule has 5 rings (SSSR count). The molecule has 0 bridgehead atoms. The lowest BCUT2D eigenvalue weighted by atomic mass is 9.83. The highest BCUT2D eigenvalue weighted by Gasteiger charge is 2.32. The molecule has 0 spiro atoms. The summed E-state index contributed by atoms with van der Waals surface area (Å²) >= 11 is 0.